The zero-order valence-corrected chi connectivity index (χ0v) is 34.1. The van der Waals surface area contributed by atoms with Gasteiger partial charge in [-0.25, -0.2) is 39.9 Å². The molecule has 8 aromatic rings. The molecule has 0 amide bonds. The number of hydrogen-bond acceptors (Lipinski definition) is 18. The number of aromatic nitrogens is 10. The smallest absolute Gasteiger partial charge is 0.162 e. The van der Waals surface area contributed by atoms with Crippen LogP contribution in [0.25, 0.3) is 55.8 Å². The number of nitrogens with zero attached hydrogens (tertiary/aromatic N) is 13. The van der Waals surface area contributed by atoms with Crippen molar-refractivity contribution in [3.05, 3.63) is 104 Å². The SMILES string of the molecule is COc1cncc2nc(-c3ccnc(-c4cccnc4NN(c4ccccn4)c4cc(-c5nc(N6CCNCC6)c6c(OC)cncc6n5)ccn4)c3)nc(N3CCNCC3)c12. The lowest BCUT2D eigenvalue weighted by molar-refractivity contribution is 0.417. The van der Waals surface area contributed by atoms with Gasteiger partial charge in [-0.15, -0.1) is 0 Å². The van der Waals surface area contributed by atoms with Crippen LogP contribution in [-0.2, 0) is 0 Å². The van der Waals surface area contributed by atoms with Gasteiger partial charge in [-0.3, -0.25) is 20.4 Å². The number of piperazine rings is 2. The molecular weight excluding hydrogens is 785 g/mol. The van der Waals surface area contributed by atoms with Crippen LogP contribution in [0.4, 0.5) is 29.1 Å². The van der Waals surface area contributed by atoms with Crippen molar-refractivity contribution in [2.45, 2.75) is 0 Å². The van der Waals surface area contributed by atoms with Gasteiger partial charge in [0.1, 0.15) is 23.1 Å². The first-order chi connectivity index (χ1) is 30.6. The Balaban J connectivity index is 1.03. The van der Waals surface area contributed by atoms with E-state index in [4.69, 9.17) is 49.3 Å². The number of hydrazine groups is 1. The zero-order valence-electron chi connectivity index (χ0n) is 34.1. The van der Waals surface area contributed by atoms with Crippen molar-refractivity contribution in [3.63, 3.8) is 0 Å². The average molecular weight is 827 g/mol. The summed E-state index contributed by atoms with van der Waals surface area (Å²) in [5.74, 6) is 5.55. The molecule has 0 aromatic carbocycles. The molecule has 2 fully saturated rings. The second-order valence-corrected chi connectivity index (χ2v) is 14.6. The number of rotatable bonds is 11. The molecule has 310 valence electrons. The largest absolute Gasteiger partial charge is 0.494 e. The van der Waals surface area contributed by atoms with Gasteiger partial charge >= 0.3 is 0 Å². The van der Waals surface area contributed by atoms with Crippen molar-refractivity contribution in [2.24, 2.45) is 0 Å². The Morgan fingerprint density at radius 1 is 0.581 bits per heavy atom. The Bertz CT molecular complexity index is 2870. The molecule has 18 nitrogen and oxygen atoms in total. The minimum Gasteiger partial charge on any atom is -0.494 e. The molecule has 8 aromatic heterocycles. The molecule has 2 saturated heterocycles. The highest BCUT2D eigenvalue weighted by Crippen LogP contribution is 2.37. The molecule has 0 unspecified atom stereocenters. The summed E-state index contributed by atoms with van der Waals surface area (Å²) < 4.78 is 11.5. The maximum atomic E-state index is 5.74. The normalized spacial score (nSPS) is 14.2. The maximum Gasteiger partial charge on any atom is 0.162 e. The Hall–Kier alpha value is -7.70. The molecule has 0 bridgehead atoms. The first-order valence-electron chi connectivity index (χ1n) is 20.3. The van der Waals surface area contributed by atoms with Crippen molar-refractivity contribution in [1.29, 1.82) is 0 Å². The van der Waals surface area contributed by atoms with Crippen LogP contribution in [0, 0.1) is 0 Å². The highest BCUT2D eigenvalue weighted by molar-refractivity contribution is 5.97. The molecule has 0 aliphatic carbocycles. The Morgan fingerprint density at radius 3 is 1.76 bits per heavy atom. The van der Waals surface area contributed by atoms with E-state index in [9.17, 15) is 0 Å². The van der Waals surface area contributed by atoms with Gasteiger partial charge in [0.25, 0.3) is 0 Å². The summed E-state index contributed by atoms with van der Waals surface area (Å²) in [5, 5.41) is 10.3. The molecule has 2 aliphatic heterocycles. The lowest BCUT2D eigenvalue weighted by Crippen LogP contribution is -2.44. The number of ether oxygens (including phenoxy) is 2. The van der Waals surface area contributed by atoms with Crippen LogP contribution in [0.1, 0.15) is 0 Å². The highest BCUT2D eigenvalue weighted by atomic mass is 16.5. The Morgan fingerprint density at radius 2 is 1.16 bits per heavy atom. The lowest BCUT2D eigenvalue weighted by atomic mass is 10.1. The van der Waals surface area contributed by atoms with Gasteiger partial charge in [-0.1, -0.05) is 6.07 Å². The molecule has 2 aliphatic rings. The summed E-state index contributed by atoms with van der Waals surface area (Å²) in [6.45, 7) is 6.57. The first-order valence-corrected chi connectivity index (χ1v) is 20.3. The molecule has 18 heteroatoms. The third kappa shape index (κ3) is 7.52. The van der Waals surface area contributed by atoms with Crippen LogP contribution in [0.2, 0.25) is 0 Å². The fraction of sp³-hybridized carbons (Fsp3) is 0.227. The second-order valence-electron chi connectivity index (χ2n) is 14.6. The summed E-state index contributed by atoms with van der Waals surface area (Å²) in [4.78, 5) is 52.8. The summed E-state index contributed by atoms with van der Waals surface area (Å²) in [6.07, 6.45) is 13.9. The number of hydrogen-bond donors (Lipinski definition) is 3. The minimum atomic E-state index is 0.519. The van der Waals surface area contributed by atoms with E-state index in [1.54, 1.807) is 68.8 Å². The van der Waals surface area contributed by atoms with E-state index in [1.165, 1.54) is 0 Å². The minimum absolute atomic E-state index is 0.519. The van der Waals surface area contributed by atoms with Crippen LogP contribution in [-0.4, -0.2) is 116 Å². The van der Waals surface area contributed by atoms with Gasteiger partial charge < -0.3 is 29.9 Å². The van der Waals surface area contributed by atoms with E-state index in [-0.39, 0.29) is 0 Å². The summed E-state index contributed by atoms with van der Waals surface area (Å²) in [7, 11) is 3.28. The van der Waals surface area contributed by atoms with Gasteiger partial charge in [0.2, 0.25) is 0 Å². The molecule has 0 saturated carbocycles. The van der Waals surface area contributed by atoms with Crippen LogP contribution < -0.4 is 40.3 Å². The first kappa shape index (κ1) is 38.5. The number of fused-ring (bicyclic) bond motifs is 2. The third-order valence-electron chi connectivity index (χ3n) is 10.8. The van der Waals surface area contributed by atoms with Crippen LogP contribution >= 0.6 is 0 Å². The van der Waals surface area contributed by atoms with Crippen LogP contribution in [0.5, 0.6) is 11.5 Å². The van der Waals surface area contributed by atoms with Crippen molar-refractivity contribution in [3.8, 4) is 45.5 Å². The van der Waals surface area contributed by atoms with Gasteiger partial charge in [0, 0.05) is 93.8 Å². The van der Waals surface area contributed by atoms with Crippen molar-refractivity contribution in [2.75, 3.05) is 86.8 Å². The molecule has 62 heavy (non-hydrogen) atoms. The van der Waals surface area contributed by atoms with Gasteiger partial charge in [-0.2, -0.15) is 0 Å². The molecule has 3 N–H and O–H groups in total. The average Bonchev–Trinajstić information content (AvgIpc) is 3.35. The molecule has 0 radical (unpaired) electrons. The fourth-order valence-electron chi connectivity index (χ4n) is 7.77. The van der Waals surface area contributed by atoms with E-state index < -0.39 is 0 Å². The number of anilines is 5. The third-order valence-corrected chi connectivity index (χ3v) is 10.8. The predicted octanol–water partition coefficient (Wildman–Crippen LogP) is 4.95. The second kappa shape index (κ2) is 17.1. The van der Waals surface area contributed by atoms with E-state index in [1.807, 2.05) is 54.6 Å². The lowest BCUT2D eigenvalue weighted by Gasteiger charge is -2.30. The summed E-state index contributed by atoms with van der Waals surface area (Å²) >= 11 is 0. The summed E-state index contributed by atoms with van der Waals surface area (Å²) in [6, 6.07) is 17.2. The van der Waals surface area contributed by atoms with Gasteiger partial charge in [0.15, 0.2) is 29.1 Å². The summed E-state index contributed by atoms with van der Waals surface area (Å²) in [5.41, 5.74) is 7.82. The monoisotopic (exact) mass is 826 g/mol. The molecule has 10 heterocycles. The maximum absolute atomic E-state index is 5.74. The molecule has 0 atom stereocenters. The van der Waals surface area contributed by atoms with Crippen molar-refractivity contribution in [1.82, 2.24) is 60.5 Å². The predicted molar refractivity (Wildman–Crippen MR) is 238 cm³/mol. The van der Waals surface area contributed by atoms with E-state index in [2.05, 4.69) is 35.8 Å². The quantitative estimate of drug-likeness (QED) is 0.148. The Kier molecular flexibility index (Phi) is 10.6. The van der Waals surface area contributed by atoms with Crippen LogP contribution in [0.15, 0.2) is 104 Å². The molecule has 10 rings (SSSR count). The fourth-order valence-corrected chi connectivity index (χ4v) is 7.77. The van der Waals surface area contributed by atoms with E-state index in [0.717, 1.165) is 91.5 Å². The standard InChI is InChI=1S/C44H42N16O2/c1-61-34-26-47-24-32-38(34)43(58-18-14-45-15-19-58)55-40(53-32)28-8-12-49-31(22-28)30-6-5-11-52-42(30)57-60(36-7-3-4-10-50-36)37-23-29(9-13-51-37)41-54-33-25-48-27-35(62-2)39(33)44(56-41)59-20-16-46-17-21-59/h3-13,22-27,45-46H,14-21H2,1-2H3,(H,52,57). The van der Waals surface area contributed by atoms with Gasteiger partial charge in [0.05, 0.1) is 66.5 Å². The van der Waals surface area contributed by atoms with Crippen molar-refractivity contribution >= 4 is 50.9 Å². The van der Waals surface area contributed by atoms with E-state index >= 15 is 0 Å². The number of nitrogens with one attached hydrogen (secondary N) is 3. The van der Waals surface area contributed by atoms with Crippen molar-refractivity contribution < 1.29 is 9.47 Å². The van der Waals surface area contributed by atoms with Gasteiger partial charge in [-0.05, 0) is 48.5 Å². The van der Waals surface area contributed by atoms with E-state index in [0.29, 0.717) is 57.3 Å². The zero-order chi connectivity index (χ0) is 41.8. The number of pyridine rings is 6. The molecule has 0 spiro atoms. The topological polar surface area (TPSA) is 193 Å². The Labute approximate surface area is 356 Å². The highest BCUT2D eigenvalue weighted by Gasteiger charge is 2.24. The number of methoxy groups -OCH3 is 2. The molecular formula is C44H42N16O2. The van der Waals surface area contributed by atoms with Crippen LogP contribution in [0.3, 0.4) is 0 Å².